The van der Waals surface area contributed by atoms with Gasteiger partial charge in [0, 0.05) is 24.6 Å². The number of imide groups is 1. The van der Waals surface area contributed by atoms with Crippen LogP contribution in [-0.4, -0.2) is 36.3 Å². The van der Waals surface area contributed by atoms with Crippen molar-refractivity contribution < 1.29 is 23.9 Å². The van der Waals surface area contributed by atoms with Crippen molar-refractivity contribution in [1.82, 2.24) is 0 Å². The smallest absolute Gasteiger partial charge is 0.338 e. The van der Waals surface area contributed by atoms with E-state index in [-0.39, 0.29) is 48.8 Å². The molecule has 0 aromatic heterocycles. The first kappa shape index (κ1) is 19.8. The Balaban J connectivity index is 1.41. The van der Waals surface area contributed by atoms with E-state index in [4.69, 9.17) is 4.74 Å². The molecule has 0 bridgehead atoms. The lowest BCUT2D eigenvalue weighted by Crippen LogP contribution is -2.44. The van der Waals surface area contributed by atoms with Crippen molar-refractivity contribution in [1.29, 1.82) is 0 Å². The molecule has 7 nitrogen and oxygen atoms in total. The number of ether oxygens (including phenoxy) is 1. The summed E-state index contributed by atoms with van der Waals surface area (Å²) in [6.45, 7) is 1.62. The summed E-state index contributed by atoms with van der Waals surface area (Å²) in [5, 5.41) is 0. The van der Waals surface area contributed by atoms with Gasteiger partial charge in [-0.2, -0.15) is 0 Å². The van der Waals surface area contributed by atoms with Gasteiger partial charge in [-0.3, -0.25) is 19.3 Å². The molecule has 1 fully saturated rings. The summed E-state index contributed by atoms with van der Waals surface area (Å²) in [5.41, 5.74) is 2.64. The van der Waals surface area contributed by atoms with E-state index in [0.717, 1.165) is 29.0 Å². The number of para-hydroxylation sites is 1. The maximum absolute atomic E-state index is 12.8. The molecule has 0 saturated carbocycles. The van der Waals surface area contributed by atoms with E-state index in [2.05, 4.69) is 0 Å². The SMILES string of the molecule is CC1CCc2ccccc2N1C(=O)COC(=O)c1ccc(N2C(=O)CCC2=O)cc1. The van der Waals surface area contributed by atoms with Crippen LogP contribution in [0.1, 0.15) is 42.1 Å². The number of aryl methyl sites for hydroxylation is 1. The van der Waals surface area contributed by atoms with Crippen LogP contribution in [0, 0.1) is 0 Å². The van der Waals surface area contributed by atoms with Gasteiger partial charge in [0.1, 0.15) is 0 Å². The minimum absolute atomic E-state index is 0.0286. The van der Waals surface area contributed by atoms with Gasteiger partial charge < -0.3 is 9.64 Å². The molecule has 2 aliphatic heterocycles. The molecule has 154 valence electrons. The Morgan fingerprint density at radius 3 is 2.33 bits per heavy atom. The maximum atomic E-state index is 12.8. The van der Waals surface area contributed by atoms with Crippen LogP contribution >= 0.6 is 0 Å². The fourth-order valence-electron chi connectivity index (χ4n) is 3.96. The van der Waals surface area contributed by atoms with Crippen LogP contribution in [0.5, 0.6) is 0 Å². The summed E-state index contributed by atoms with van der Waals surface area (Å²) in [6.07, 6.45) is 2.16. The van der Waals surface area contributed by atoms with Crippen LogP contribution in [0.15, 0.2) is 48.5 Å². The molecule has 30 heavy (non-hydrogen) atoms. The predicted molar refractivity (Wildman–Crippen MR) is 110 cm³/mol. The van der Waals surface area contributed by atoms with Gasteiger partial charge in [-0.1, -0.05) is 18.2 Å². The van der Waals surface area contributed by atoms with Crippen molar-refractivity contribution in [2.45, 2.75) is 38.6 Å². The number of carbonyl (C=O) groups is 4. The molecule has 2 aromatic carbocycles. The van der Waals surface area contributed by atoms with Crippen molar-refractivity contribution in [3.05, 3.63) is 59.7 Å². The van der Waals surface area contributed by atoms with Gasteiger partial charge in [-0.05, 0) is 55.7 Å². The van der Waals surface area contributed by atoms with Gasteiger partial charge in [0.05, 0.1) is 11.3 Å². The van der Waals surface area contributed by atoms with Crippen LogP contribution in [-0.2, 0) is 25.5 Å². The molecule has 7 heteroatoms. The summed E-state index contributed by atoms with van der Waals surface area (Å²) < 4.78 is 5.24. The summed E-state index contributed by atoms with van der Waals surface area (Å²) in [4.78, 5) is 51.6. The molecule has 0 aliphatic carbocycles. The Bertz CT molecular complexity index is 999. The summed E-state index contributed by atoms with van der Waals surface area (Å²) >= 11 is 0. The second-order valence-corrected chi connectivity index (χ2v) is 7.53. The fraction of sp³-hybridized carbons (Fsp3) is 0.304. The summed E-state index contributed by atoms with van der Waals surface area (Å²) in [6, 6.07) is 13.8. The number of anilines is 2. The highest BCUT2D eigenvalue weighted by molar-refractivity contribution is 6.19. The Labute approximate surface area is 174 Å². The minimum atomic E-state index is -0.632. The lowest BCUT2D eigenvalue weighted by molar-refractivity contribution is -0.122. The lowest BCUT2D eigenvalue weighted by Gasteiger charge is -2.35. The number of rotatable bonds is 4. The average molecular weight is 406 g/mol. The second-order valence-electron chi connectivity index (χ2n) is 7.53. The largest absolute Gasteiger partial charge is 0.452 e. The van der Waals surface area contributed by atoms with Crippen molar-refractivity contribution in [2.75, 3.05) is 16.4 Å². The normalized spacial score (nSPS) is 18.4. The molecule has 4 rings (SSSR count). The van der Waals surface area contributed by atoms with E-state index >= 15 is 0 Å². The Morgan fingerprint density at radius 1 is 0.967 bits per heavy atom. The van der Waals surface area contributed by atoms with E-state index in [1.165, 1.54) is 24.3 Å². The van der Waals surface area contributed by atoms with Crippen LogP contribution in [0.4, 0.5) is 11.4 Å². The molecule has 2 aromatic rings. The third-order valence-electron chi connectivity index (χ3n) is 5.53. The first-order valence-corrected chi connectivity index (χ1v) is 9.98. The number of hydrogen-bond acceptors (Lipinski definition) is 5. The zero-order valence-corrected chi connectivity index (χ0v) is 16.7. The number of fused-ring (bicyclic) bond motifs is 1. The van der Waals surface area contributed by atoms with Crippen LogP contribution < -0.4 is 9.80 Å². The zero-order chi connectivity index (χ0) is 21.3. The highest BCUT2D eigenvalue weighted by atomic mass is 16.5. The number of amides is 3. The van der Waals surface area contributed by atoms with E-state index in [1.807, 2.05) is 31.2 Å². The monoisotopic (exact) mass is 406 g/mol. The number of benzene rings is 2. The van der Waals surface area contributed by atoms with Gasteiger partial charge in [-0.25, -0.2) is 4.79 Å². The predicted octanol–water partition coefficient (Wildman–Crippen LogP) is 2.86. The number of nitrogens with zero attached hydrogens (tertiary/aromatic N) is 2. The van der Waals surface area contributed by atoms with E-state index in [1.54, 1.807) is 4.90 Å². The summed E-state index contributed by atoms with van der Waals surface area (Å²) in [7, 11) is 0. The standard InChI is InChI=1S/C23H22N2O5/c1-15-6-7-16-4-2-3-5-19(16)24(15)22(28)14-30-23(29)17-8-10-18(11-9-17)25-20(26)12-13-21(25)27/h2-5,8-11,15H,6-7,12-14H2,1H3. The quantitative estimate of drug-likeness (QED) is 0.576. The van der Waals surface area contributed by atoms with Crippen molar-refractivity contribution in [2.24, 2.45) is 0 Å². The van der Waals surface area contributed by atoms with E-state index in [9.17, 15) is 19.2 Å². The first-order chi connectivity index (χ1) is 14.5. The molecule has 0 radical (unpaired) electrons. The Hall–Kier alpha value is -3.48. The molecule has 2 aliphatic rings. The van der Waals surface area contributed by atoms with Gasteiger partial charge in [-0.15, -0.1) is 0 Å². The molecular formula is C23H22N2O5. The molecule has 1 saturated heterocycles. The Morgan fingerprint density at radius 2 is 1.63 bits per heavy atom. The average Bonchev–Trinajstić information content (AvgIpc) is 3.09. The molecule has 1 atom stereocenters. The third kappa shape index (κ3) is 3.70. The van der Waals surface area contributed by atoms with Crippen LogP contribution in [0.25, 0.3) is 0 Å². The number of hydrogen-bond donors (Lipinski definition) is 0. The summed E-state index contributed by atoms with van der Waals surface area (Å²) in [5.74, 6) is -1.41. The fourth-order valence-corrected chi connectivity index (χ4v) is 3.96. The lowest BCUT2D eigenvalue weighted by atomic mass is 9.96. The molecule has 0 spiro atoms. The van der Waals surface area contributed by atoms with E-state index < -0.39 is 5.97 Å². The highest BCUT2D eigenvalue weighted by Gasteiger charge is 2.31. The van der Waals surface area contributed by atoms with Gasteiger partial charge in [0.2, 0.25) is 11.8 Å². The third-order valence-corrected chi connectivity index (χ3v) is 5.53. The molecule has 0 N–H and O–H groups in total. The molecule has 3 amide bonds. The highest BCUT2D eigenvalue weighted by Crippen LogP contribution is 2.30. The van der Waals surface area contributed by atoms with Crippen molar-refractivity contribution in [3.63, 3.8) is 0 Å². The van der Waals surface area contributed by atoms with Crippen molar-refractivity contribution >= 4 is 35.1 Å². The van der Waals surface area contributed by atoms with Crippen LogP contribution in [0.3, 0.4) is 0 Å². The molecule has 2 heterocycles. The number of carbonyl (C=O) groups excluding carboxylic acids is 4. The topological polar surface area (TPSA) is 84.0 Å². The number of esters is 1. The molecule has 1 unspecified atom stereocenters. The minimum Gasteiger partial charge on any atom is -0.452 e. The first-order valence-electron chi connectivity index (χ1n) is 9.98. The van der Waals surface area contributed by atoms with Gasteiger partial charge in [0.15, 0.2) is 6.61 Å². The second kappa shape index (κ2) is 8.10. The maximum Gasteiger partial charge on any atom is 0.338 e. The molecular weight excluding hydrogens is 384 g/mol. The van der Waals surface area contributed by atoms with Crippen molar-refractivity contribution in [3.8, 4) is 0 Å². The van der Waals surface area contributed by atoms with Crippen LogP contribution in [0.2, 0.25) is 0 Å². The van der Waals surface area contributed by atoms with Gasteiger partial charge in [0.25, 0.3) is 5.91 Å². The zero-order valence-electron chi connectivity index (χ0n) is 16.7. The van der Waals surface area contributed by atoms with E-state index in [0.29, 0.717) is 5.69 Å². The Kier molecular flexibility index (Phi) is 5.35. The van der Waals surface area contributed by atoms with Gasteiger partial charge >= 0.3 is 5.97 Å².